The summed E-state index contributed by atoms with van der Waals surface area (Å²) in [6.45, 7) is 0. The van der Waals surface area contributed by atoms with Crippen molar-refractivity contribution in [3.8, 4) is 22.3 Å². The van der Waals surface area contributed by atoms with Crippen LogP contribution in [0, 0.1) is 0 Å². The largest absolute Gasteiger partial charge is 0.456 e. The lowest BCUT2D eigenvalue weighted by atomic mass is 10.0. The highest BCUT2D eigenvalue weighted by molar-refractivity contribution is 6.06. The van der Waals surface area contributed by atoms with E-state index in [0.29, 0.717) is 0 Å². The molecule has 64 heavy (non-hydrogen) atoms. The van der Waals surface area contributed by atoms with Gasteiger partial charge in [0, 0.05) is 44.9 Å². The van der Waals surface area contributed by atoms with Crippen molar-refractivity contribution in [2.75, 3.05) is 14.7 Å². The molecule has 0 radical (unpaired) electrons. The number of hydrogen-bond acceptors (Lipinski definition) is 4. The Morgan fingerprint density at radius 3 is 0.953 bits per heavy atom. The maximum absolute atomic E-state index is 6.18. The molecule has 0 fully saturated rings. The van der Waals surface area contributed by atoms with Crippen LogP contribution in [0.4, 0.5) is 51.2 Å². The highest BCUT2D eigenvalue weighted by Gasteiger charge is 2.22. The van der Waals surface area contributed by atoms with Crippen LogP contribution in [0.15, 0.2) is 265 Å². The number of fused-ring (bicyclic) bond motifs is 3. The van der Waals surface area contributed by atoms with Crippen molar-refractivity contribution in [3.63, 3.8) is 0 Å². The molecular weight excluding hydrogens is 779 g/mol. The van der Waals surface area contributed by atoms with Gasteiger partial charge < -0.3 is 19.1 Å². The molecule has 304 valence electrons. The van der Waals surface area contributed by atoms with Crippen molar-refractivity contribution >= 4 is 73.1 Å². The molecule has 0 N–H and O–H groups in total. The number of anilines is 9. The third-order valence-corrected chi connectivity index (χ3v) is 11.8. The van der Waals surface area contributed by atoms with E-state index in [1.54, 1.807) is 0 Å². The second kappa shape index (κ2) is 17.0. The summed E-state index contributed by atoms with van der Waals surface area (Å²) in [5.74, 6) is 0. The second-order valence-corrected chi connectivity index (χ2v) is 15.8. The number of para-hydroxylation sites is 5. The summed E-state index contributed by atoms with van der Waals surface area (Å²) in [5, 5.41) is 2.24. The zero-order valence-electron chi connectivity index (χ0n) is 35.1. The van der Waals surface area contributed by atoms with Crippen LogP contribution < -0.4 is 14.7 Å². The Labute approximate surface area is 373 Å². The van der Waals surface area contributed by atoms with E-state index >= 15 is 0 Å². The molecule has 0 amide bonds. The molecule has 0 saturated carbocycles. The van der Waals surface area contributed by atoms with Gasteiger partial charge in [0.05, 0.1) is 17.1 Å². The van der Waals surface area contributed by atoms with Crippen LogP contribution in [-0.2, 0) is 0 Å². The van der Waals surface area contributed by atoms with Crippen LogP contribution in [0.3, 0.4) is 0 Å². The Kier molecular flexibility index (Phi) is 10.2. The third-order valence-electron chi connectivity index (χ3n) is 11.8. The Morgan fingerprint density at radius 2 is 0.516 bits per heavy atom. The van der Waals surface area contributed by atoms with Gasteiger partial charge in [-0.15, -0.1) is 0 Å². The first kappa shape index (κ1) is 38.3. The highest BCUT2D eigenvalue weighted by atomic mass is 16.3. The minimum Gasteiger partial charge on any atom is -0.456 e. The summed E-state index contributed by atoms with van der Waals surface area (Å²) in [5.41, 5.74) is 15.8. The number of hydrogen-bond donors (Lipinski definition) is 0. The van der Waals surface area contributed by atoms with E-state index in [-0.39, 0.29) is 0 Å². The number of furan rings is 1. The van der Waals surface area contributed by atoms with Gasteiger partial charge in [0.1, 0.15) is 11.2 Å². The number of benzene rings is 10. The van der Waals surface area contributed by atoms with Crippen molar-refractivity contribution < 1.29 is 4.42 Å². The summed E-state index contributed by atoms with van der Waals surface area (Å²) in [6.07, 6.45) is 0. The fourth-order valence-electron chi connectivity index (χ4n) is 8.76. The van der Waals surface area contributed by atoms with Gasteiger partial charge in [-0.05, 0) is 131 Å². The van der Waals surface area contributed by atoms with Crippen LogP contribution in [0.25, 0.3) is 44.2 Å². The molecule has 1 aromatic heterocycles. The summed E-state index contributed by atoms with van der Waals surface area (Å²) in [4.78, 5) is 7.06. The predicted octanol–water partition coefficient (Wildman–Crippen LogP) is 17.3. The van der Waals surface area contributed by atoms with Gasteiger partial charge >= 0.3 is 0 Å². The summed E-state index contributed by atoms with van der Waals surface area (Å²) >= 11 is 0. The van der Waals surface area contributed by atoms with E-state index in [4.69, 9.17) is 4.42 Å². The van der Waals surface area contributed by atoms with E-state index in [9.17, 15) is 0 Å². The minimum absolute atomic E-state index is 0.891. The molecule has 0 aliphatic heterocycles. The van der Waals surface area contributed by atoms with Crippen molar-refractivity contribution in [1.29, 1.82) is 0 Å². The quantitative estimate of drug-likeness (QED) is 0.130. The third kappa shape index (κ3) is 7.55. The molecule has 4 nitrogen and oxygen atoms in total. The first-order valence-corrected chi connectivity index (χ1v) is 21.7. The first-order chi connectivity index (χ1) is 31.7. The van der Waals surface area contributed by atoms with E-state index in [1.165, 1.54) is 5.56 Å². The lowest BCUT2D eigenvalue weighted by Gasteiger charge is -2.33. The average Bonchev–Trinajstić information content (AvgIpc) is 3.74. The van der Waals surface area contributed by atoms with Gasteiger partial charge in [0.2, 0.25) is 0 Å². The normalized spacial score (nSPS) is 11.1. The standard InChI is InChI=1S/C60H43N3O/c1-6-18-44(19-7-1)45-30-35-52(36-31-45)63(53-37-32-46(33-38-53)47-34-39-60-58(40-47)57-28-16-17-29-59(57)64-60)56-42-54(61(48-20-8-2-9-21-48)49-22-10-3-11-23-49)41-55(43-56)62(50-24-12-4-13-25-50)51-26-14-5-15-27-51/h1-43H. The number of nitrogens with zero attached hydrogens (tertiary/aromatic N) is 3. The monoisotopic (exact) mass is 821 g/mol. The van der Waals surface area contributed by atoms with E-state index in [0.717, 1.165) is 89.8 Å². The van der Waals surface area contributed by atoms with Crippen molar-refractivity contribution in [2.45, 2.75) is 0 Å². The SMILES string of the molecule is c1ccc(-c2ccc(N(c3ccc(-c4ccc5oc6ccccc6c5c4)cc3)c3cc(N(c4ccccc4)c4ccccc4)cc(N(c4ccccc4)c4ccccc4)c3)cc2)cc1. The van der Waals surface area contributed by atoms with Crippen LogP contribution in [0.1, 0.15) is 0 Å². The van der Waals surface area contributed by atoms with E-state index < -0.39 is 0 Å². The highest BCUT2D eigenvalue weighted by Crippen LogP contribution is 2.46. The Balaban J connectivity index is 1.12. The zero-order chi connectivity index (χ0) is 42.7. The lowest BCUT2D eigenvalue weighted by Crippen LogP contribution is -2.16. The minimum atomic E-state index is 0.891. The van der Waals surface area contributed by atoms with Crippen LogP contribution in [0.2, 0.25) is 0 Å². The number of rotatable bonds is 11. The topological polar surface area (TPSA) is 22.9 Å². The van der Waals surface area contributed by atoms with Gasteiger partial charge in [-0.1, -0.05) is 152 Å². The molecular formula is C60H43N3O. The second-order valence-electron chi connectivity index (χ2n) is 15.8. The molecule has 0 aliphatic rings. The molecule has 11 aromatic rings. The smallest absolute Gasteiger partial charge is 0.135 e. The first-order valence-electron chi connectivity index (χ1n) is 21.7. The molecule has 1 heterocycles. The van der Waals surface area contributed by atoms with Crippen molar-refractivity contribution in [3.05, 3.63) is 261 Å². The van der Waals surface area contributed by atoms with E-state index in [2.05, 4.69) is 263 Å². The van der Waals surface area contributed by atoms with Gasteiger partial charge in [0.25, 0.3) is 0 Å². The van der Waals surface area contributed by atoms with Gasteiger partial charge in [-0.25, -0.2) is 0 Å². The summed E-state index contributed by atoms with van der Waals surface area (Å²) in [7, 11) is 0. The molecule has 0 aliphatic carbocycles. The Morgan fingerprint density at radius 1 is 0.203 bits per heavy atom. The fraction of sp³-hybridized carbons (Fsp3) is 0. The molecule has 0 bridgehead atoms. The summed E-state index contributed by atoms with van der Waals surface area (Å²) < 4.78 is 6.18. The molecule has 4 heteroatoms. The zero-order valence-corrected chi connectivity index (χ0v) is 35.1. The van der Waals surface area contributed by atoms with Gasteiger partial charge in [-0.3, -0.25) is 0 Å². The van der Waals surface area contributed by atoms with Crippen LogP contribution in [0.5, 0.6) is 0 Å². The van der Waals surface area contributed by atoms with Crippen molar-refractivity contribution in [2.24, 2.45) is 0 Å². The van der Waals surface area contributed by atoms with Crippen LogP contribution in [-0.4, -0.2) is 0 Å². The molecule has 10 aromatic carbocycles. The predicted molar refractivity (Wildman–Crippen MR) is 269 cm³/mol. The molecule has 0 unspecified atom stereocenters. The maximum Gasteiger partial charge on any atom is 0.135 e. The Bertz CT molecular complexity index is 3120. The molecule has 0 saturated heterocycles. The average molecular weight is 822 g/mol. The van der Waals surface area contributed by atoms with E-state index in [1.807, 2.05) is 12.1 Å². The summed E-state index contributed by atoms with van der Waals surface area (Å²) in [6, 6.07) is 92.6. The van der Waals surface area contributed by atoms with Gasteiger partial charge in [0.15, 0.2) is 0 Å². The molecule has 0 atom stereocenters. The fourth-order valence-corrected chi connectivity index (χ4v) is 8.76. The Hall–Kier alpha value is -8.60. The van der Waals surface area contributed by atoms with Crippen molar-refractivity contribution in [1.82, 2.24) is 0 Å². The maximum atomic E-state index is 6.18. The van der Waals surface area contributed by atoms with Crippen LogP contribution >= 0.6 is 0 Å². The van der Waals surface area contributed by atoms with Gasteiger partial charge in [-0.2, -0.15) is 0 Å². The molecule has 0 spiro atoms. The molecule has 11 rings (SSSR count). The lowest BCUT2D eigenvalue weighted by molar-refractivity contribution is 0.669.